The Morgan fingerprint density at radius 3 is 3.07 bits per heavy atom. The summed E-state index contributed by atoms with van der Waals surface area (Å²) in [5, 5.41) is 0.509. The number of nitrogen functional groups attached to an aromatic ring is 1. The molecule has 2 N–H and O–H groups in total. The summed E-state index contributed by atoms with van der Waals surface area (Å²) < 4.78 is 6.27. The molecule has 0 saturated carbocycles. The Kier molecular flexibility index (Phi) is 2.39. The topological polar surface area (TPSA) is 70.1 Å². The van der Waals surface area contributed by atoms with E-state index in [0.717, 1.165) is 0 Å². The minimum Gasteiger partial charge on any atom is -0.399 e. The van der Waals surface area contributed by atoms with Crippen LogP contribution in [-0.2, 0) is 11.5 Å². The molecule has 0 fully saturated rings. The van der Waals surface area contributed by atoms with Crippen molar-refractivity contribution < 1.29 is 4.74 Å². The molecule has 1 heterocycles. The van der Waals surface area contributed by atoms with Gasteiger partial charge in [-0.15, -0.1) is 0 Å². The Bertz CT molecular complexity index is 548. The summed E-state index contributed by atoms with van der Waals surface area (Å²) in [4.78, 5) is 16.0. The summed E-state index contributed by atoms with van der Waals surface area (Å²) in [5.41, 5.74) is 6.66. The van der Waals surface area contributed by atoms with E-state index in [2.05, 4.69) is 4.98 Å². The van der Waals surface area contributed by atoms with E-state index >= 15 is 0 Å². The molecule has 2 rings (SSSR count). The molecule has 0 aliphatic carbocycles. The van der Waals surface area contributed by atoms with Gasteiger partial charge in [0, 0.05) is 12.8 Å². The largest absolute Gasteiger partial charge is 0.399 e. The molecule has 0 aliphatic heterocycles. The van der Waals surface area contributed by atoms with E-state index in [1.807, 2.05) is 0 Å². The maximum atomic E-state index is 11.9. The van der Waals surface area contributed by atoms with Crippen LogP contribution in [0.1, 0.15) is 0 Å². The molecule has 0 saturated heterocycles. The van der Waals surface area contributed by atoms with Crippen molar-refractivity contribution in [2.75, 3.05) is 12.8 Å². The van der Waals surface area contributed by atoms with Gasteiger partial charge in [-0.1, -0.05) is 0 Å². The molecule has 2 aromatic rings. The van der Waals surface area contributed by atoms with Crippen LogP contribution in [0.3, 0.4) is 0 Å². The Labute approximate surface area is 86.1 Å². The summed E-state index contributed by atoms with van der Waals surface area (Å²) >= 11 is 0. The van der Waals surface area contributed by atoms with Crippen molar-refractivity contribution in [1.82, 2.24) is 9.55 Å². The zero-order valence-electron chi connectivity index (χ0n) is 8.30. The number of nitrogens with two attached hydrogens (primary N) is 1. The molecule has 0 spiro atoms. The van der Waals surface area contributed by atoms with Gasteiger partial charge in [0.2, 0.25) is 0 Å². The van der Waals surface area contributed by atoms with Crippen LogP contribution in [0.2, 0.25) is 0 Å². The summed E-state index contributed by atoms with van der Waals surface area (Å²) in [5.74, 6) is 0. The second kappa shape index (κ2) is 3.70. The fourth-order valence-corrected chi connectivity index (χ4v) is 1.41. The molecule has 5 nitrogen and oxygen atoms in total. The number of rotatable bonds is 2. The predicted molar refractivity (Wildman–Crippen MR) is 57.4 cm³/mol. The van der Waals surface area contributed by atoms with E-state index in [0.29, 0.717) is 16.6 Å². The zero-order chi connectivity index (χ0) is 10.8. The molecule has 78 valence electrons. The third kappa shape index (κ3) is 1.69. The fourth-order valence-electron chi connectivity index (χ4n) is 1.41. The lowest BCUT2D eigenvalue weighted by Crippen LogP contribution is -2.21. The first-order valence-corrected chi connectivity index (χ1v) is 4.46. The SMILES string of the molecule is COCn1cnc2ccc(N)cc2c1=O. The lowest BCUT2D eigenvalue weighted by molar-refractivity contribution is 0.128. The minimum absolute atomic E-state index is 0.144. The normalized spacial score (nSPS) is 10.7. The van der Waals surface area contributed by atoms with E-state index in [4.69, 9.17) is 10.5 Å². The van der Waals surface area contributed by atoms with Crippen LogP contribution < -0.4 is 11.3 Å². The average molecular weight is 205 g/mol. The highest BCUT2D eigenvalue weighted by Gasteiger charge is 2.03. The van der Waals surface area contributed by atoms with Crippen LogP contribution in [0, 0.1) is 0 Å². The van der Waals surface area contributed by atoms with Gasteiger partial charge in [0.15, 0.2) is 0 Å². The Hall–Kier alpha value is -1.88. The lowest BCUT2D eigenvalue weighted by atomic mass is 10.2. The van der Waals surface area contributed by atoms with Crippen molar-refractivity contribution in [2.24, 2.45) is 0 Å². The molecule has 1 aromatic carbocycles. The number of fused-ring (bicyclic) bond motifs is 1. The Balaban J connectivity index is 2.71. The van der Waals surface area contributed by atoms with Crippen LogP contribution in [0.5, 0.6) is 0 Å². The summed E-state index contributed by atoms with van der Waals surface area (Å²) in [6.45, 7) is 0.191. The number of hydrogen-bond donors (Lipinski definition) is 1. The van der Waals surface area contributed by atoms with E-state index in [9.17, 15) is 4.79 Å². The van der Waals surface area contributed by atoms with Crippen LogP contribution in [0.25, 0.3) is 10.9 Å². The molecule has 0 amide bonds. The summed E-state index contributed by atoms with van der Waals surface area (Å²) in [7, 11) is 1.52. The third-order valence-electron chi connectivity index (χ3n) is 2.12. The van der Waals surface area contributed by atoms with Crippen molar-refractivity contribution in [3.63, 3.8) is 0 Å². The highest BCUT2D eigenvalue weighted by atomic mass is 16.5. The van der Waals surface area contributed by atoms with Gasteiger partial charge in [-0.2, -0.15) is 0 Å². The molecule has 0 atom stereocenters. The first-order chi connectivity index (χ1) is 7.22. The number of ether oxygens (including phenoxy) is 1. The monoisotopic (exact) mass is 205 g/mol. The minimum atomic E-state index is -0.144. The second-order valence-corrected chi connectivity index (χ2v) is 3.21. The first-order valence-electron chi connectivity index (χ1n) is 4.46. The van der Waals surface area contributed by atoms with E-state index in [1.165, 1.54) is 18.0 Å². The molecule has 1 aromatic heterocycles. The molecule has 0 unspecified atom stereocenters. The number of hydrogen-bond acceptors (Lipinski definition) is 4. The van der Waals surface area contributed by atoms with Gasteiger partial charge in [0.05, 0.1) is 10.9 Å². The number of benzene rings is 1. The van der Waals surface area contributed by atoms with Crippen molar-refractivity contribution in [1.29, 1.82) is 0 Å². The highest BCUT2D eigenvalue weighted by molar-refractivity contribution is 5.80. The number of nitrogens with zero attached hydrogens (tertiary/aromatic N) is 2. The standard InChI is InChI=1S/C10H11N3O2/c1-15-6-13-5-12-9-3-2-7(11)4-8(9)10(13)14/h2-5H,6,11H2,1H3. The van der Waals surface area contributed by atoms with E-state index in [-0.39, 0.29) is 12.3 Å². The third-order valence-corrected chi connectivity index (χ3v) is 2.12. The molecule has 0 bridgehead atoms. The van der Waals surface area contributed by atoms with Gasteiger partial charge in [-0.25, -0.2) is 4.98 Å². The Morgan fingerprint density at radius 2 is 2.33 bits per heavy atom. The number of anilines is 1. The van der Waals surface area contributed by atoms with Crippen LogP contribution in [0.4, 0.5) is 5.69 Å². The lowest BCUT2D eigenvalue weighted by Gasteiger charge is -2.04. The van der Waals surface area contributed by atoms with Crippen LogP contribution >= 0.6 is 0 Å². The molecule has 5 heteroatoms. The van der Waals surface area contributed by atoms with Gasteiger partial charge < -0.3 is 10.5 Å². The average Bonchev–Trinajstić information content (AvgIpc) is 2.23. The Morgan fingerprint density at radius 1 is 1.53 bits per heavy atom. The number of aromatic nitrogens is 2. The van der Waals surface area contributed by atoms with Crippen LogP contribution in [-0.4, -0.2) is 16.7 Å². The van der Waals surface area contributed by atoms with Crippen molar-refractivity contribution in [3.05, 3.63) is 34.9 Å². The van der Waals surface area contributed by atoms with Gasteiger partial charge in [0.25, 0.3) is 5.56 Å². The van der Waals surface area contributed by atoms with Crippen molar-refractivity contribution in [3.8, 4) is 0 Å². The van der Waals surface area contributed by atoms with Crippen molar-refractivity contribution in [2.45, 2.75) is 6.73 Å². The van der Waals surface area contributed by atoms with Gasteiger partial charge in [-0.3, -0.25) is 9.36 Å². The fraction of sp³-hybridized carbons (Fsp3) is 0.200. The van der Waals surface area contributed by atoms with E-state index < -0.39 is 0 Å². The van der Waals surface area contributed by atoms with E-state index in [1.54, 1.807) is 18.2 Å². The predicted octanol–water partition coefficient (Wildman–Crippen LogP) is 0.583. The van der Waals surface area contributed by atoms with Crippen molar-refractivity contribution >= 4 is 16.6 Å². The van der Waals surface area contributed by atoms with Gasteiger partial charge in [-0.05, 0) is 18.2 Å². The smallest absolute Gasteiger partial charge is 0.263 e. The second-order valence-electron chi connectivity index (χ2n) is 3.21. The molecular formula is C10H11N3O2. The quantitative estimate of drug-likeness (QED) is 0.728. The zero-order valence-corrected chi connectivity index (χ0v) is 8.30. The van der Waals surface area contributed by atoms with Crippen LogP contribution in [0.15, 0.2) is 29.3 Å². The van der Waals surface area contributed by atoms with Gasteiger partial charge in [0.1, 0.15) is 13.1 Å². The molecule has 0 aliphatic rings. The molecular weight excluding hydrogens is 194 g/mol. The maximum absolute atomic E-state index is 11.9. The summed E-state index contributed by atoms with van der Waals surface area (Å²) in [6.07, 6.45) is 1.46. The molecule has 0 radical (unpaired) electrons. The maximum Gasteiger partial charge on any atom is 0.263 e. The summed E-state index contributed by atoms with van der Waals surface area (Å²) in [6, 6.07) is 5.06. The van der Waals surface area contributed by atoms with Gasteiger partial charge >= 0.3 is 0 Å². The molecule has 15 heavy (non-hydrogen) atoms. The highest BCUT2D eigenvalue weighted by Crippen LogP contribution is 2.10. The number of methoxy groups -OCH3 is 1. The first kappa shape index (κ1) is 9.67.